The van der Waals surface area contributed by atoms with E-state index in [1.54, 1.807) is 37.4 Å². The van der Waals surface area contributed by atoms with E-state index < -0.39 is 0 Å². The van der Waals surface area contributed by atoms with Gasteiger partial charge in [0.05, 0.1) is 18.2 Å². The van der Waals surface area contributed by atoms with Crippen LogP contribution in [0, 0.1) is 5.82 Å². The topological polar surface area (TPSA) is 31.2 Å². The van der Waals surface area contributed by atoms with Crippen molar-refractivity contribution in [3.8, 4) is 5.75 Å². The minimum atomic E-state index is -0.272. The zero-order chi connectivity index (χ0) is 16.8. The normalized spacial score (nSPS) is 16.4. The lowest BCUT2D eigenvalue weighted by Gasteiger charge is -2.07. The van der Waals surface area contributed by atoms with Gasteiger partial charge in [0.2, 0.25) is 0 Å². The summed E-state index contributed by atoms with van der Waals surface area (Å²) >= 11 is 0. The lowest BCUT2D eigenvalue weighted by atomic mass is 9.95. The fourth-order valence-electron chi connectivity index (χ4n) is 3.68. The maximum Gasteiger partial charge on any atom is 0.195 e. The summed E-state index contributed by atoms with van der Waals surface area (Å²) in [5.41, 5.74) is 3.16. The molecule has 0 N–H and O–H groups in total. The number of hydrogen-bond donors (Lipinski definition) is 0. The van der Waals surface area contributed by atoms with Crippen LogP contribution in [-0.2, 0) is 6.54 Å². The summed E-state index contributed by atoms with van der Waals surface area (Å²) in [4.78, 5) is 13.2. The Morgan fingerprint density at radius 3 is 2.67 bits per heavy atom. The van der Waals surface area contributed by atoms with Crippen LogP contribution < -0.4 is 4.74 Å². The van der Waals surface area contributed by atoms with Crippen LogP contribution in [0.1, 0.15) is 40.9 Å². The molecule has 0 unspecified atom stereocenters. The van der Waals surface area contributed by atoms with Gasteiger partial charge in [-0.3, -0.25) is 4.79 Å². The van der Waals surface area contributed by atoms with Crippen molar-refractivity contribution in [3.63, 3.8) is 0 Å². The Labute approximate surface area is 139 Å². The van der Waals surface area contributed by atoms with Crippen molar-refractivity contribution in [2.24, 2.45) is 0 Å². The second kappa shape index (κ2) is 5.48. The number of aromatic nitrogens is 1. The molecule has 0 aliphatic carbocycles. The van der Waals surface area contributed by atoms with Gasteiger partial charge in [-0.25, -0.2) is 4.39 Å². The first-order chi connectivity index (χ1) is 11.6. The Kier molecular flexibility index (Phi) is 3.41. The Bertz CT molecular complexity index is 940. The van der Waals surface area contributed by atoms with E-state index in [-0.39, 0.29) is 17.5 Å². The van der Waals surface area contributed by atoms with Crippen molar-refractivity contribution in [1.29, 1.82) is 0 Å². The van der Waals surface area contributed by atoms with Crippen LogP contribution in [0.4, 0.5) is 4.39 Å². The van der Waals surface area contributed by atoms with Crippen molar-refractivity contribution in [1.82, 2.24) is 4.57 Å². The number of benzene rings is 2. The van der Waals surface area contributed by atoms with Crippen molar-refractivity contribution < 1.29 is 13.9 Å². The summed E-state index contributed by atoms with van der Waals surface area (Å²) in [5.74, 6) is 0.717. The average molecular weight is 323 g/mol. The zero-order valence-corrected chi connectivity index (χ0v) is 13.7. The molecular weight excluding hydrogens is 305 g/mol. The van der Waals surface area contributed by atoms with E-state index in [4.69, 9.17) is 4.74 Å². The van der Waals surface area contributed by atoms with E-state index in [9.17, 15) is 9.18 Å². The molecule has 2 aromatic carbocycles. The summed E-state index contributed by atoms with van der Waals surface area (Å²) in [5, 5.41) is 0.832. The molecule has 0 saturated carbocycles. The first-order valence-corrected chi connectivity index (χ1v) is 8.10. The lowest BCUT2D eigenvalue weighted by molar-refractivity contribution is 0.103. The fourth-order valence-corrected chi connectivity index (χ4v) is 3.68. The average Bonchev–Trinajstić information content (AvgIpc) is 3.12. The molecule has 4 heteroatoms. The molecule has 0 amide bonds. The third kappa shape index (κ3) is 2.13. The number of methoxy groups -OCH3 is 1. The molecule has 2 heterocycles. The molecule has 0 spiro atoms. The smallest absolute Gasteiger partial charge is 0.195 e. The van der Waals surface area contributed by atoms with Crippen molar-refractivity contribution in [2.75, 3.05) is 7.11 Å². The number of halogens is 1. The molecular formula is C20H18FNO2. The Morgan fingerprint density at radius 1 is 1.21 bits per heavy atom. The number of aryl methyl sites for hydroxylation is 1. The predicted octanol–water partition coefficient (Wildman–Crippen LogP) is 4.53. The monoisotopic (exact) mass is 323 g/mol. The minimum Gasteiger partial charge on any atom is -0.497 e. The summed E-state index contributed by atoms with van der Waals surface area (Å²) in [7, 11) is 1.60. The highest BCUT2D eigenvalue weighted by Crippen LogP contribution is 2.39. The Morgan fingerprint density at radius 2 is 1.96 bits per heavy atom. The third-order valence-electron chi connectivity index (χ3n) is 4.90. The third-order valence-corrected chi connectivity index (χ3v) is 4.90. The fraction of sp³-hybridized carbons (Fsp3) is 0.250. The molecule has 24 heavy (non-hydrogen) atoms. The highest BCUT2D eigenvalue weighted by molar-refractivity contribution is 6.17. The van der Waals surface area contributed by atoms with Gasteiger partial charge in [0.25, 0.3) is 0 Å². The second-order valence-electron chi connectivity index (χ2n) is 6.32. The first-order valence-electron chi connectivity index (χ1n) is 8.10. The predicted molar refractivity (Wildman–Crippen MR) is 91.4 cm³/mol. The molecule has 0 radical (unpaired) electrons. The number of hydrogen-bond acceptors (Lipinski definition) is 2. The van der Waals surface area contributed by atoms with Crippen molar-refractivity contribution >= 4 is 16.7 Å². The number of ether oxygens (including phenoxy) is 1. The van der Waals surface area contributed by atoms with Gasteiger partial charge in [0, 0.05) is 23.2 Å². The SMILES string of the molecule is COc1ccc(C(=O)c2c3n(c4cc(F)ccc24)CC[C@@H]3C)cc1. The van der Waals surface area contributed by atoms with Gasteiger partial charge in [0.1, 0.15) is 11.6 Å². The quantitative estimate of drug-likeness (QED) is 0.663. The highest BCUT2D eigenvalue weighted by atomic mass is 19.1. The van der Waals surface area contributed by atoms with Crippen LogP contribution in [-0.4, -0.2) is 17.5 Å². The minimum absolute atomic E-state index is 0.0169. The molecule has 0 bridgehead atoms. The molecule has 1 aliphatic heterocycles. The van der Waals surface area contributed by atoms with E-state index in [0.29, 0.717) is 16.9 Å². The van der Waals surface area contributed by atoms with Crippen LogP contribution in [0.5, 0.6) is 5.75 Å². The zero-order valence-electron chi connectivity index (χ0n) is 13.7. The summed E-state index contributed by atoms with van der Waals surface area (Å²) < 4.78 is 21.0. The standard InChI is InChI=1S/C20H18FNO2/c1-12-9-10-22-17-11-14(21)5-8-16(17)18(19(12)22)20(23)13-3-6-15(24-2)7-4-13/h3-8,11-12H,9-10H2,1-2H3/t12-/m0/s1. The van der Waals surface area contributed by atoms with E-state index in [0.717, 1.165) is 29.6 Å². The molecule has 1 aliphatic rings. The number of carbonyl (C=O) groups excluding carboxylic acids is 1. The second-order valence-corrected chi connectivity index (χ2v) is 6.32. The van der Waals surface area contributed by atoms with Gasteiger partial charge in [-0.15, -0.1) is 0 Å². The highest BCUT2D eigenvalue weighted by Gasteiger charge is 2.30. The molecule has 0 fully saturated rings. The molecule has 1 aromatic heterocycles. The molecule has 3 nitrogen and oxygen atoms in total. The van der Waals surface area contributed by atoms with E-state index in [1.165, 1.54) is 12.1 Å². The Hall–Kier alpha value is -2.62. The molecule has 122 valence electrons. The summed E-state index contributed by atoms with van der Waals surface area (Å²) in [6.45, 7) is 2.95. The molecule has 1 atom stereocenters. The number of carbonyl (C=O) groups is 1. The van der Waals surface area contributed by atoms with Gasteiger partial charge >= 0.3 is 0 Å². The first kappa shape index (κ1) is 14.9. The molecule has 0 saturated heterocycles. The number of rotatable bonds is 3. The maximum absolute atomic E-state index is 13.7. The van der Waals surface area contributed by atoms with Crippen LogP contribution in [0.2, 0.25) is 0 Å². The number of fused-ring (bicyclic) bond motifs is 3. The van der Waals surface area contributed by atoms with Crippen LogP contribution in [0.3, 0.4) is 0 Å². The van der Waals surface area contributed by atoms with Crippen LogP contribution >= 0.6 is 0 Å². The Balaban J connectivity index is 1.92. The maximum atomic E-state index is 13.7. The van der Waals surface area contributed by atoms with E-state index in [2.05, 4.69) is 11.5 Å². The van der Waals surface area contributed by atoms with Gasteiger partial charge in [-0.05, 0) is 54.8 Å². The van der Waals surface area contributed by atoms with Gasteiger partial charge in [-0.1, -0.05) is 6.92 Å². The lowest BCUT2D eigenvalue weighted by Crippen LogP contribution is -2.05. The van der Waals surface area contributed by atoms with Gasteiger partial charge < -0.3 is 9.30 Å². The van der Waals surface area contributed by atoms with Crippen LogP contribution in [0.15, 0.2) is 42.5 Å². The van der Waals surface area contributed by atoms with E-state index >= 15 is 0 Å². The van der Waals surface area contributed by atoms with Crippen LogP contribution in [0.25, 0.3) is 10.9 Å². The number of nitrogens with zero attached hydrogens (tertiary/aromatic N) is 1. The van der Waals surface area contributed by atoms with E-state index in [1.807, 2.05) is 0 Å². The van der Waals surface area contributed by atoms with Gasteiger partial charge in [0.15, 0.2) is 5.78 Å². The number of ketones is 1. The largest absolute Gasteiger partial charge is 0.497 e. The van der Waals surface area contributed by atoms with Crippen molar-refractivity contribution in [2.45, 2.75) is 25.8 Å². The summed E-state index contributed by atoms with van der Waals surface area (Å²) in [6, 6.07) is 11.8. The van der Waals surface area contributed by atoms with Gasteiger partial charge in [-0.2, -0.15) is 0 Å². The molecule has 3 aromatic rings. The molecule has 4 rings (SSSR count). The van der Waals surface area contributed by atoms with Crippen molar-refractivity contribution in [3.05, 3.63) is 65.1 Å². The summed E-state index contributed by atoms with van der Waals surface area (Å²) in [6.07, 6.45) is 0.977.